The number of anilines is 1. The number of halogens is 2. The lowest BCUT2D eigenvalue weighted by atomic mass is 10.3. The monoisotopic (exact) mass is 386 g/mol. The molecule has 0 radical (unpaired) electrons. The van der Waals surface area contributed by atoms with Gasteiger partial charge in [0.25, 0.3) is 0 Å². The summed E-state index contributed by atoms with van der Waals surface area (Å²) in [6.45, 7) is 4.06. The van der Waals surface area contributed by atoms with Crippen LogP contribution in [0.4, 0.5) is 10.3 Å². The van der Waals surface area contributed by atoms with Crippen LogP contribution in [0.2, 0.25) is 0 Å². The lowest BCUT2D eigenvalue weighted by Crippen LogP contribution is -2.05. The molecule has 0 aliphatic carbocycles. The van der Waals surface area contributed by atoms with E-state index in [1.165, 1.54) is 6.07 Å². The Hall–Kier alpha value is -1.64. The SMILES string of the molecule is Cc1nc(Cn2c(N)nc3cc(I)c(F)cc32)oc1C. The zero-order valence-electron chi connectivity index (χ0n) is 10.9. The van der Waals surface area contributed by atoms with Crippen molar-refractivity contribution in [2.75, 3.05) is 5.73 Å². The molecule has 0 aliphatic rings. The van der Waals surface area contributed by atoms with Gasteiger partial charge in [0.1, 0.15) is 18.1 Å². The highest BCUT2D eigenvalue weighted by Crippen LogP contribution is 2.24. The molecule has 0 saturated heterocycles. The number of nitrogens with zero attached hydrogens (tertiary/aromatic N) is 3. The average molecular weight is 386 g/mol. The molecular formula is C13H12FIN4O. The Morgan fingerprint density at radius 2 is 2.10 bits per heavy atom. The smallest absolute Gasteiger partial charge is 0.214 e. The van der Waals surface area contributed by atoms with Crippen LogP contribution in [0, 0.1) is 23.2 Å². The van der Waals surface area contributed by atoms with Gasteiger partial charge in [0, 0.05) is 6.07 Å². The third-order valence-electron chi connectivity index (χ3n) is 3.19. The van der Waals surface area contributed by atoms with E-state index in [9.17, 15) is 4.39 Å². The van der Waals surface area contributed by atoms with Crippen LogP contribution in [-0.4, -0.2) is 14.5 Å². The number of imidazole rings is 1. The maximum absolute atomic E-state index is 13.7. The Morgan fingerprint density at radius 1 is 1.35 bits per heavy atom. The molecule has 5 nitrogen and oxygen atoms in total. The molecule has 2 N–H and O–H groups in total. The van der Waals surface area contributed by atoms with Crippen LogP contribution in [-0.2, 0) is 6.54 Å². The first kappa shape index (κ1) is 13.3. The van der Waals surface area contributed by atoms with E-state index in [1.807, 2.05) is 36.4 Å². The molecule has 0 amide bonds. The molecule has 1 aromatic carbocycles. The average Bonchev–Trinajstić information content (AvgIpc) is 2.83. The third-order valence-corrected chi connectivity index (χ3v) is 4.01. The van der Waals surface area contributed by atoms with Crippen LogP contribution in [0.1, 0.15) is 17.3 Å². The molecule has 3 rings (SSSR count). The molecule has 104 valence electrons. The molecule has 0 atom stereocenters. The molecule has 2 aromatic heterocycles. The lowest BCUT2D eigenvalue weighted by molar-refractivity contribution is 0.460. The van der Waals surface area contributed by atoms with Gasteiger partial charge in [-0.3, -0.25) is 0 Å². The van der Waals surface area contributed by atoms with Crippen LogP contribution in [0.3, 0.4) is 0 Å². The number of benzene rings is 1. The maximum atomic E-state index is 13.7. The summed E-state index contributed by atoms with van der Waals surface area (Å²) in [5.41, 5.74) is 8.03. The fourth-order valence-corrected chi connectivity index (χ4v) is 2.50. The Labute approximate surface area is 128 Å². The van der Waals surface area contributed by atoms with Crippen molar-refractivity contribution in [1.82, 2.24) is 14.5 Å². The summed E-state index contributed by atoms with van der Waals surface area (Å²) in [5.74, 6) is 1.32. The zero-order chi connectivity index (χ0) is 14.4. The van der Waals surface area contributed by atoms with E-state index in [4.69, 9.17) is 10.2 Å². The lowest BCUT2D eigenvalue weighted by Gasteiger charge is -2.03. The van der Waals surface area contributed by atoms with Gasteiger partial charge in [-0.2, -0.15) is 0 Å². The van der Waals surface area contributed by atoms with Gasteiger partial charge in [0.2, 0.25) is 11.8 Å². The van der Waals surface area contributed by atoms with Crippen molar-refractivity contribution < 1.29 is 8.81 Å². The fraction of sp³-hybridized carbons (Fsp3) is 0.231. The van der Waals surface area contributed by atoms with Crippen molar-refractivity contribution in [1.29, 1.82) is 0 Å². The summed E-state index contributed by atoms with van der Waals surface area (Å²) in [4.78, 5) is 8.55. The zero-order valence-corrected chi connectivity index (χ0v) is 13.1. The van der Waals surface area contributed by atoms with Gasteiger partial charge in [-0.15, -0.1) is 0 Å². The van der Waals surface area contributed by atoms with Gasteiger partial charge < -0.3 is 14.7 Å². The number of rotatable bonds is 2. The molecule has 3 aromatic rings. The molecule has 0 aliphatic heterocycles. The summed E-state index contributed by atoms with van der Waals surface area (Å²) in [6, 6.07) is 3.10. The fourth-order valence-electron chi connectivity index (χ4n) is 2.05. The van der Waals surface area contributed by atoms with Crippen LogP contribution in [0.5, 0.6) is 0 Å². The van der Waals surface area contributed by atoms with Crippen LogP contribution in [0.25, 0.3) is 11.0 Å². The minimum atomic E-state index is -0.293. The first-order valence-electron chi connectivity index (χ1n) is 5.99. The minimum Gasteiger partial charge on any atom is -0.444 e. The molecule has 2 heterocycles. The van der Waals surface area contributed by atoms with E-state index in [1.54, 1.807) is 10.6 Å². The number of aryl methyl sites for hydroxylation is 2. The van der Waals surface area contributed by atoms with Gasteiger partial charge >= 0.3 is 0 Å². The van der Waals surface area contributed by atoms with Crippen LogP contribution >= 0.6 is 22.6 Å². The van der Waals surface area contributed by atoms with Gasteiger partial charge in [0.05, 0.1) is 20.3 Å². The molecule has 0 spiro atoms. The first-order valence-corrected chi connectivity index (χ1v) is 7.07. The van der Waals surface area contributed by atoms with E-state index in [-0.39, 0.29) is 5.82 Å². The topological polar surface area (TPSA) is 69.9 Å². The largest absolute Gasteiger partial charge is 0.444 e. The highest BCUT2D eigenvalue weighted by atomic mass is 127. The number of fused-ring (bicyclic) bond motifs is 1. The predicted octanol–water partition coefficient (Wildman–Crippen LogP) is 3.02. The van der Waals surface area contributed by atoms with Gasteiger partial charge in [-0.1, -0.05) is 0 Å². The molecule has 0 unspecified atom stereocenters. The molecular weight excluding hydrogens is 374 g/mol. The Bertz CT molecular complexity index is 789. The van der Waals surface area contributed by atoms with E-state index in [0.717, 1.165) is 11.5 Å². The van der Waals surface area contributed by atoms with E-state index in [2.05, 4.69) is 9.97 Å². The third kappa shape index (κ3) is 2.15. The molecule has 0 fully saturated rings. The summed E-state index contributed by atoms with van der Waals surface area (Å²) in [7, 11) is 0. The standard InChI is InChI=1S/C13H12FIN4O/c1-6-7(2)20-12(17-6)5-19-11-3-8(14)9(15)4-10(11)18-13(19)16/h3-4H,5H2,1-2H3,(H2,16,18). The summed E-state index contributed by atoms with van der Waals surface area (Å²) in [5, 5.41) is 0. The number of hydrogen-bond donors (Lipinski definition) is 1. The minimum absolute atomic E-state index is 0.293. The Kier molecular flexibility index (Phi) is 3.15. The van der Waals surface area contributed by atoms with Crippen molar-refractivity contribution in [3.8, 4) is 0 Å². The van der Waals surface area contributed by atoms with Crippen molar-refractivity contribution in [3.05, 3.63) is 38.9 Å². The summed E-state index contributed by atoms with van der Waals surface area (Å²) >= 11 is 1.93. The Morgan fingerprint density at radius 3 is 2.75 bits per heavy atom. The summed E-state index contributed by atoms with van der Waals surface area (Å²) < 4.78 is 21.5. The number of nitrogen functional groups attached to an aromatic ring is 1. The van der Waals surface area contributed by atoms with Crippen molar-refractivity contribution >= 4 is 39.6 Å². The van der Waals surface area contributed by atoms with Crippen LogP contribution in [0.15, 0.2) is 16.5 Å². The highest BCUT2D eigenvalue weighted by molar-refractivity contribution is 14.1. The first-order chi connectivity index (χ1) is 9.45. The number of nitrogens with two attached hydrogens (primary N) is 1. The maximum Gasteiger partial charge on any atom is 0.214 e. The Balaban J connectivity index is 2.11. The number of hydrogen-bond acceptors (Lipinski definition) is 4. The van der Waals surface area contributed by atoms with Gasteiger partial charge in [-0.25, -0.2) is 14.4 Å². The second kappa shape index (κ2) is 4.72. The molecule has 7 heteroatoms. The quantitative estimate of drug-likeness (QED) is 0.688. The van der Waals surface area contributed by atoms with Gasteiger partial charge in [-0.05, 0) is 42.5 Å². The number of oxazole rings is 1. The predicted molar refractivity (Wildman–Crippen MR) is 81.9 cm³/mol. The van der Waals surface area contributed by atoms with E-state index >= 15 is 0 Å². The molecule has 20 heavy (non-hydrogen) atoms. The normalized spacial score (nSPS) is 11.4. The second-order valence-electron chi connectivity index (χ2n) is 4.56. The highest BCUT2D eigenvalue weighted by Gasteiger charge is 2.14. The number of aromatic nitrogens is 3. The molecule has 0 saturated carbocycles. The van der Waals surface area contributed by atoms with E-state index < -0.39 is 0 Å². The summed E-state index contributed by atoms with van der Waals surface area (Å²) in [6.07, 6.45) is 0. The van der Waals surface area contributed by atoms with Crippen LogP contribution < -0.4 is 5.73 Å². The second-order valence-corrected chi connectivity index (χ2v) is 5.72. The van der Waals surface area contributed by atoms with E-state index in [0.29, 0.717) is 33.0 Å². The van der Waals surface area contributed by atoms with Crippen molar-refractivity contribution in [2.24, 2.45) is 0 Å². The van der Waals surface area contributed by atoms with Crippen molar-refractivity contribution in [2.45, 2.75) is 20.4 Å². The molecule has 0 bridgehead atoms. The van der Waals surface area contributed by atoms with Crippen molar-refractivity contribution in [3.63, 3.8) is 0 Å². The van der Waals surface area contributed by atoms with Gasteiger partial charge in [0.15, 0.2) is 0 Å².